The molecule has 2 N–H and O–H groups in total. The maximum atomic E-state index is 11.3. The summed E-state index contributed by atoms with van der Waals surface area (Å²) in [4.78, 5) is 11.3. The number of fused-ring (bicyclic) bond motifs is 1. The molecule has 1 aliphatic carbocycles. The van der Waals surface area contributed by atoms with Gasteiger partial charge < -0.3 is 24.4 Å². The fourth-order valence-electron chi connectivity index (χ4n) is 3.06. The van der Waals surface area contributed by atoms with Crippen LogP contribution in [0.15, 0.2) is 24.3 Å². The highest BCUT2D eigenvalue weighted by Gasteiger charge is 2.50. The van der Waals surface area contributed by atoms with E-state index in [0.29, 0.717) is 17.2 Å². The first kappa shape index (κ1) is 16.5. The number of hydrogen-bond acceptors (Lipinski definition) is 6. The normalized spacial score (nSPS) is 30.8. The second kappa shape index (κ2) is 7.05. The number of esters is 1. The van der Waals surface area contributed by atoms with E-state index in [1.807, 2.05) is 0 Å². The first-order valence-electron chi connectivity index (χ1n) is 7.58. The molecule has 2 aliphatic rings. The van der Waals surface area contributed by atoms with Crippen LogP contribution in [0.4, 0.5) is 0 Å². The molecule has 0 bridgehead atoms. The van der Waals surface area contributed by atoms with Gasteiger partial charge in [-0.15, -0.1) is 0 Å². The van der Waals surface area contributed by atoms with E-state index in [1.54, 1.807) is 24.3 Å². The molecule has 7 heteroatoms. The van der Waals surface area contributed by atoms with Gasteiger partial charge in [-0.25, -0.2) is 0 Å². The van der Waals surface area contributed by atoms with Gasteiger partial charge in [-0.05, 0) is 24.3 Å². The molecule has 1 saturated carbocycles. The summed E-state index contributed by atoms with van der Waals surface area (Å²) in [6, 6.07) is 6.82. The summed E-state index contributed by atoms with van der Waals surface area (Å²) in [5.74, 6) is 0.207. The molecule has 1 unspecified atom stereocenters. The quantitative estimate of drug-likeness (QED) is 0.755. The Hall–Kier alpha value is -1.34. The molecule has 23 heavy (non-hydrogen) atoms. The molecule has 3 rings (SSSR count). The minimum Gasteiger partial charge on any atom is -0.491 e. The molecule has 1 aromatic rings. The van der Waals surface area contributed by atoms with Crippen molar-refractivity contribution in [3.05, 3.63) is 29.3 Å². The number of hydrogen-bond donors (Lipinski definition) is 2. The summed E-state index contributed by atoms with van der Waals surface area (Å²) in [5, 5.41) is 20.5. The van der Waals surface area contributed by atoms with Crippen molar-refractivity contribution in [1.82, 2.24) is 0 Å². The average Bonchev–Trinajstić information content (AvgIpc) is 3.00. The Morgan fingerprint density at radius 3 is 2.78 bits per heavy atom. The second-order valence-corrected chi connectivity index (χ2v) is 6.35. The zero-order valence-electron chi connectivity index (χ0n) is 12.4. The smallest absolute Gasteiger partial charge is 0.306 e. The van der Waals surface area contributed by atoms with Crippen molar-refractivity contribution in [2.45, 2.75) is 37.3 Å². The standard InChI is InChI=1S/C16H19ClO6/c17-9-1-3-11(4-2-9)21-7-10(18)8-22-16-12-5-15(20)23-14(12)6-13(16)19/h1-4,10,12-14,16,18-19H,5-8H2/t10?,12-,13+,14-,16+/m1/s1. The van der Waals surface area contributed by atoms with E-state index in [9.17, 15) is 15.0 Å². The summed E-state index contributed by atoms with van der Waals surface area (Å²) in [7, 11) is 0. The van der Waals surface area contributed by atoms with Gasteiger partial charge >= 0.3 is 5.97 Å². The topological polar surface area (TPSA) is 85.2 Å². The SMILES string of the molecule is O=C1C[C@H]2[C@H](OCC(O)COc3ccc(Cl)cc3)[C@@H](O)C[C@H]2O1. The van der Waals surface area contributed by atoms with E-state index in [1.165, 1.54) is 0 Å². The molecule has 2 fully saturated rings. The highest BCUT2D eigenvalue weighted by Crippen LogP contribution is 2.38. The zero-order chi connectivity index (χ0) is 16.4. The van der Waals surface area contributed by atoms with Crippen molar-refractivity contribution in [3.8, 4) is 5.75 Å². The molecule has 0 aromatic heterocycles. The van der Waals surface area contributed by atoms with Gasteiger partial charge in [0.15, 0.2) is 0 Å². The number of aliphatic hydroxyl groups excluding tert-OH is 2. The molecule has 1 heterocycles. The summed E-state index contributed by atoms with van der Waals surface area (Å²) in [5.41, 5.74) is 0. The average molecular weight is 343 g/mol. The number of carbonyl (C=O) groups is 1. The van der Waals surface area contributed by atoms with Crippen LogP contribution in [-0.4, -0.2) is 53.8 Å². The Kier molecular flexibility index (Phi) is 5.06. The molecule has 0 amide bonds. The highest BCUT2D eigenvalue weighted by molar-refractivity contribution is 6.30. The van der Waals surface area contributed by atoms with Crippen LogP contribution in [0.3, 0.4) is 0 Å². The number of rotatable bonds is 6. The summed E-state index contributed by atoms with van der Waals surface area (Å²) >= 11 is 5.78. The van der Waals surface area contributed by atoms with E-state index in [-0.39, 0.29) is 37.6 Å². The van der Waals surface area contributed by atoms with Crippen LogP contribution < -0.4 is 4.74 Å². The minimum atomic E-state index is -0.838. The lowest BCUT2D eigenvalue weighted by molar-refractivity contribution is -0.142. The van der Waals surface area contributed by atoms with E-state index in [4.69, 9.17) is 25.8 Å². The van der Waals surface area contributed by atoms with Crippen LogP contribution in [0.5, 0.6) is 5.75 Å². The van der Waals surface area contributed by atoms with E-state index in [2.05, 4.69) is 0 Å². The second-order valence-electron chi connectivity index (χ2n) is 5.92. The Balaban J connectivity index is 1.44. The van der Waals surface area contributed by atoms with Gasteiger partial charge in [0.25, 0.3) is 0 Å². The van der Waals surface area contributed by atoms with Gasteiger partial charge in [0, 0.05) is 17.4 Å². The molecule has 1 aliphatic heterocycles. The van der Waals surface area contributed by atoms with Gasteiger partial charge in [0.05, 0.1) is 25.2 Å². The summed E-state index contributed by atoms with van der Waals surface area (Å²) in [6.45, 7) is 0.0840. The van der Waals surface area contributed by atoms with Crippen molar-refractivity contribution in [1.29, 1.82) is 0 Å². The third-order valence-corrected chi connectivity index (χ3v) is 4.43. The van der Waals surface area contributed by atoms with Gasteiger partial charge in [-0.2, -0.15) is 0 Å². The van der Waals surface area contributed by atoms with Gasteiger partial charge in [-0.1, -0.05) is 11.6 Å². The highest BCUT2D eigenvalue weighted by atomic mass is 35.5. The third-order valence-electron chi connectivity index (χ3n) is 4.17. The summed E-state index contributed by atoms with van der Waals surface area (Å²) < 4.78 is 16.2. The zero-order valence-corrected chi connectivity index (χ0v) is 13.2. The van der Waals surface area contributed by atoms with Gasteiger partial charge in [0.1, 0.15) is 24.6 Å². The Bertz CT molecular complexity index is 548. The monoisotopic (exact) mass is 342 g/mol. The maximum absolute atomic E-state index is 11.3. The van der Waals surface area contributed by atoms with Crippen LogP contribution in [0.25, 0.3) is 0 Å². The first-order valence-corrected chi connectivity index (χ1v) is 7.96. The predicted octanol–water partition coefficient (Wildman–Crippen LogP) is 1.16. The fraction of sp³-hybridized carbons (Fsp3) is 0.562. The molecular formula is C16H19ClO6. The number of ether oxygens (including phenoxy) is 3. The van der Waals surface area contributed by atoms with Crippen LogP contribution in [0.2, 0.25) is 5.02 Å². The fourth-order valence-corrected chi connectivity index (χ4v) is 3.19. The summed E-state index contributed by atoms with van der Waals surface area (Å²) in [6.07, 6.45) is -1.64. The predicted molar refractivity (Wildman–Crippen MR) is 81.3 cm³/mol. The van der Waals surface area contributed by atoms with Crippen molar-refractivity contribution in [2.24, 2.45) is 5.92 Å². The third kappa shape index (κ3) is 3.95. The number of carbonyl (C=O) groups excluding carboxylic acids is 1. The molecule has 0 spiro atoms. The number of benzene rings is 1. The van der Waals surface area contributed by atoms with Crippen LogP contribution >= 0.6 is 11.6 Å². The van der Waals surface area contributed by atoms with Crippen molar-refractivity contribution in [2.75, 3.05) is 13.2 Å². The van der Waals surface area contributed by atoms with E-state index in [0.717, 1.165) is 0 Å². The number of halogens is 1. The van der Waals surface area contributed by atoms with Crippen molar-refractivity contribution in [3.63, 3.8) is 0 Å². The molecule has 6 nitrogen and oxygen atoms in total. The van der Waals surface area contributed by atoms with E-state index < -0.39 is 18.3 Å². The first-order chi connectivity index (χ1) is 11.0. The lowest BCUT2D eigenvalue weighted by atomic mass is 10.0. The van der Waals surface area contributed by atoms with Crippen LogP contribution in [0.1, 0.15) is 12.8 Å². The lowest BCUT2D eigenvalue weighted by Gasteiger charge is -2.22. The molecule has 0 radical (unpaired) electrons. The molecule has 5 atom stereocenters. The van der Waals surface area contributed by atoms with Crippen molar-refractivity contribution >= 4 is 17.6 Å². The molecular weight excluding hydrogens is 324 g/mol. The van der Waals surface area contributed by atoms with Gasteiger partial charge in [-0.3, -0.25) is 4.79 Å². The largest absolute Gasteiger partial charge is 0.491 e. The Labute approximate surface area is 138 Å². The van der Waals surface area contributed by atoms with Crippen LogP contribution in [-0.2, 0) is 14.3 Å². The van der Waals surface area contributed by atoms with Crippen LogP contribution in [0, 0.1) is 5.92 Å². The molecule has 1 aromatic carbocycles. The number of aliphatic hydroxyl groups is 2. The van der Waals surface area contributed by atoms with Gasteiger partial charge in [0.2, 0.25) is 0 Å². The Morgan fingerprint density at radius 2 is 2.04 bits per heavy atom. The van der Waals surface area contributed by atoms with E-state index >= 15 is 0 Å². The van der Waals surface area contributed by atoms with Crippen molar-refractivity contribution < 1.29 is 29.2 Å². The minimum absolute atomic E-state index is 0.0206. The lowest BCUT2D eigenvalue weighted by Crippen LogP contribution is -2.34. The molecule has 1 saturated heterocycles. The Morgan fingerprint density at radius 1 is 1.30 bits per heavy atom. The molecule has 126 valence electrons. The maximum Gasteiger partial charge on any atom is 0.306 e.